The van der Waals surface area contributed by atoms with Crippen LogP contribution in [0.5, 0.6) is 5.75 Å². The van der Waals surface area contributed by atoms with Crippen molar-refractivity contribution < 1.29 is 4.74 Å². The second kappa shape index (κ2) is 6.03. The van der Waals surface area contributed by atoms with Gasteiger partial charge in [0.2, 0.25) is 0 Å². The van der Waals surface area contributed by atoms with E-state index in [9.17, 15) is 0 Å². The Bertz CT molecular complexity index is 248. The fraction of sp³-hybridized carbons (Fsp3) is 0.455. The molecule has 2 heteroatoms. The van der Waals surface area contributed by atoms with Crippen molar-refractivity contribution in [1.82, 2.24) is 0 Å². The number of aryl methyl sites for hydroxylation is 1. The molecule has 0 N–H and O–H groups in total. The van der Waals surface area contributed by atoms with E-state index in [4.69, 9.17) is 4.74 Å². The first-order valence-corrected chi connectivity index (χ1v) is 5.77. The van der Waals surface area contributed by atoms with Crippen LogP contribution in [0.4, 0.5) is 0 Å². The lowest BCUT2D eigenvalue weighted by Gasteiger charge is -2.08. The molecule has 0 aromatic heterocycles. The number of ether oxygens (including phenoxy) is 1. The van der Waals surface area contributed by atoms with Crippen LogP contribution in [0.3, 0.4) is 0 Å². The minimum Gasteiger partial charge on any atom is -0.494 e. The van der Waals surface area contributed by atoms with Crippen LogP contribution >= 0.6 is 15.9 Å². The van der Waals surface area contributed by atoms with E-state index >= 15 is 0 Å². The van der Waals surface area contributed by atoms with Crippen molar-refractivity contribution in [2.45, 2.75) is 19.8 Å². The molecule has 13 heavy (non-hydrogen) atoms. The van der Waals surface area contributed by atoms with E-state index in [2.05, 4.69) is 28.1 Å². The first kappa shape index (κ1) is 10.6. The fourth-order valence-electron chi connectivity index (χ4n) is 1.26. The molecule has 1 aromatic carbocycles. The van der Waals surface area contributed by atoms with Gasteiger partial charge in [0.25, 0.3) is 0 Å². The van der Waals surface area contributed by atoms with Crippen molar-refractivity contribution >= 4 is 15.9 Å². The Morgan fingerprint density at radius 1 is 1.31 bits per heavy atom. The molecule has 0 heterocycles. The van der Waals surface area contributed by atoms with Crippen LogP contribution in [-0.4, -0.2) is 11.9 Å². The zero-order valence-corrected chi connectivity index (χ0v) is 9.51. The first-order valence-electron chi connectivity index (χ1n) is 4.65. The highest BCUT2D eigenvalue weighted by Crippen LogP contribution is 2.19. The number of benzene rings is 1. The lowest BCUT2D eigenvalue weighted by molar-refractivity contribution is 0.336. The van der Waals surface area contributed by atoms with Gasteiger partial charge in [0.15, 0.2) is 0 Å². The van der Waals surface area contributed by atoms with Gasteiger partial charge in [-0.25, -0.2) is 0 Å². The lowest BCUT2D eigenvalue weighted by Crippen LogP contribution is -1.96. The van der Waals surface area contributed by atoms with Gasteiger partial charge < -0.3 is 4.74 Å². The summed E-state index contributed by atoms with van der Waals surface area (Å²) >= 11 is 3.43. The fourth-order valence-corrected chi connectivity index (χ4v) is 1.54. The summed E-state index contributed by atoms with van der Waals surface area (Å²) in [6.45, 7) is 2.76. The number of alkyl halides is 1. The molecule has 0 saturated heterocycles. The maximum atomic E-state index is 5.52. The molecule has 0 aliphatic rings. The van der Waals surface area contributed by atoms with E-state index < -0.39 is 0 Å². The highest BCUT2D eigenvalue weighted by Gasteiger charge is 2.00. The normalized spacial score (nSPS) is 10.0. The van der Waals surface area contributed by atoms with Gasteiger partial charge in [0, 0.05) is 5.33 Å². The summed E-state index contributed by atoms with van der Waals surface area (Å²) in [5.74, 6) is 1.03. The van der Waals surface area contributed by atoms with E-state index in [-0.39, 0.29) is 0 Å². The second-order valence-corrected chi connectivity index (χ2v) is 3.63. The van der Waals surface area contributed by atoms with Crippen molar-refractivity contribution in [3.63, 3.8) is 0 Å². The molecule has 0 radical (unpaired) electrons. The van der Waals surface area contributed by atoms with E-state index in [0.29, 0.717) is 0 Å². The molecule has 0 bridgehead atoms. The van der Waals surface area contributed by atoms with Gasteiger partial charge in [-0.3, -0.25) is 0 Å². The van der Waals surface area contributed by atoms with Crippen LogP contribution < -0.4 is 4.74 Å². The maximum absolute atomic E-state index is 5.52. The highest BCUT2D eigenvalue weighted by molar-refractivity contribution is 9.09. The minimum atomic E-state index is 0.741. The maximum Gasteiger partial charge on any atom is 0.122 e. The molecule has 0 atom stereocenters. The van der Waals surface area contributed by atoms with Crippen molar-refractivity contribution in [3.8, 4) is 5.75 Å². The van der Waals surface area contributed by atoms with Crippen LogP contribution in [-0.2, 0) is 6.42 Å². The van der Waals surface area contributed by atoms with Gasteiger partial charge >= 0.3 is 0 Å². The van der Waals surface area contributed by atoms with Crippen LogP contribution in [0.15, 0.2) is 24.3 Å². The van der Waals surface area contributed by atoms with E-state index in [0.717, 1.165) is 30.5 Å². The topological polar surface area (TPSA) is 9.23 Å². The Morgan fingerprint density at radius 2 is 2.08 bits per heavy atom. The third kappa shape index (κ3) is 3.39. The van der Waals surface area contributed by atoms with Crippen LogP contribution in [0.1, 0.15) is 18.9 Å². The highest BCUT2D eigenvalue weighted by atomic mass is 79.9. The van der Waals surface area contributed by atoms with Crippen LogP contribution in [0.2, 0.25) is 0 Å². The summed E-state index contributed by atoms with van der Waals surface area (Å²) < 4.78 is 5.52. The summed E-state index contributed by atoms with van der Waals surface area (Å²) in [4.78, 5) is 0. The monoisotopic (exact) mass is 242 g/mol. The number of rotatable bonds is 5. The average Bonchev–Trinajstić information content (AvgIpc) is 2.17. The first-order chi connectivity index (χ1) is 6.38. The molecule has 1 nitrogen and oxygen atoms in total. The molecule has 1 rings (SSSR count). The predicted octanol–water partition coefficient (Wildman–Crippen LogP) is 3.41. The smallest absolute Gasteiger partial charge is 0.122 e. The lowest BCUT2D eigenvalue weighted by atomic mass is 10.1. The van der Waals surface area contributed by atoms with E-state index in [1.807, 2.05) is 19.1 Å². The minimum absolute atomic E-state index is 0.741. The zero-order chi connectivity index (χ0) is 9.52. The summed E-state index contributed by atoms with van der Waals surface area (Å²) in [5.41, 5.74) is 1.31. The Morgan fingerprint density at radius 3 is 2.77 bits per heavy atom. The summed E-state index contributed by atoms with van der Waals surface area (Å²) in [5, 5.41) is 1.05. The SMILES string of the molecule is CCOc1ccccc1CCCBr. The largest absolute Gasteiger partial charge is 0.494 e. The third-order valence-corrected chi connectivity index (χ3v) is 2.41. The number of hydrogen-bond donors (Lipinski definition) is 0. The van der Waals surface area contributed by atoms with Gasteiger partial charge in [0.05, 0.1) is 6.61 Å². The number of hydrogen-bond acceptors (Lipinski definition) is 1. The predicted molar refractivity (Wildman–Crippen MR) is 59.7 cm³/mol. The standard InChI is InChI=1S/C11H15BrO/c1-2-13-11-8-4-3-6-10(11)7-5-9-12/h3-4,6,8H,2,5,7,9H2,1H3. The van der Waals surface area contributed by atoms with E-state index in [1.54, 1.807) is 0 Å². The molecule has 0 fully saturated rings. The molecule has 0 amide bonds. The van der Waals surface area contributed by atoms with Gasteiger partial charge in [-0.2, -0.15) is 0 Å². The van der Waals surface area contributed by atoms with Gasteiger partial charge in [-0.15, -0.1) is 0 Å². The molecule has 0 unspecified atom stereocenters. The molecule has 1 aromatic rings. The Labute approximate surface area is 88.2 Å². The van der Waals surface area contributed by atoms with Crippen LogP contribution in [0, 0.1) is 0 Å². The second-order valence-electron chi connectivity index (χ2n) is 2.83. The molecule has 0 saturated carbocycles. The Hall–Kier alpha value is -0.500. The molecular formula is C11H15BrO. The summed E-state index contributed by atoms with van der Waals surface area (Å²) in [7, 11) is 0. The summed E-state index contributed by atoms with van der Waals surface area (Å²) in [6, 6.07) is 8.25. The van der Waals surface area contributed by atoms with Crippen molar-refractivity contribution in [2.75, 3.05) is 11.9 Å². The molecule has 72 valence electrons. The molecule has 0 aliphatic heterocycles. The Kier molecular flexibility index (Phi) is 4.91. The molecule has 0 spiro atoms. The van der Waals surface area contributed by atoms with Gasteiger partial charge in [-0.05, 0) is 31.4 Å². The van der Waals surface area contributed by atoms with Crippen LogP contribution in [0.25, 0.3) is 0 Å². The quantitative estimate of drug-likeness (QED) is 0.720. The Balaban J connectivity index is 2.66. The molecular weight excluding hydrogens is 228 g/mol. The van der Waals surface area contributed by atoms with Gasteiger partial charge in [0.1, 0.15) is 5.75 Å². The summed E-state index contributed by atoms with van der Waals surface area (Å²) in [6.07, 6.45) is 2.24. The molecule has 0 aliphatic carbocycles. The third-order valence-electron chi connectivity index (χ3n) is 1.85. The van der Waals surface area contributed by atoms with Crippen molar-refractivity contribution in [3.05, 3.63) is 29.8 Å². The zero-order valence-electron chi connectivity index (χ0n) is 7.92. The average molecular weight is 243 g/mol. The van der Waals surface area contributed by atoms with Gasteiger partial charge in [-0.1, -0.05) is 34.1 Å². The van der Waals surface area contributed by atoms with Crippen molar-refractivity contribution in [1.29, 1.82) is 0 Å². The number of halogens is 1. The number of para-hydroxylation sites is 1. The van der Waals surface area contributed by atoms with E-state index in [1.165, 1.54) is 5.56 Å². The van der Waals surface area contributed by atoms with Crippen molar-refractivity contribution in [2.24, 2.45) is 0 Å².